The Morgan fingerprint density at radius 1 is 1.10 bits per heavy atom. The van der Waals surface area contributed by atoms with Gasteiger partial charge in [-0.3, -0.25) is 11.3 Å². The van der Waals surface area contributed by atoms with E-state index in [2.05, 4.69) is 5.43 Å². The van der Waals surface area contributed by atoms with Crippen LogP contribution in [0, 0.1) is 18.6 Å². The molecule has 0 aliphatic rings. The van der Waals surface area contributed by atoms with E-state index in [0.717, 1.165) is 12.5 Å². The third-order valence-corrected chi connectivity index (χ3v) is 3.52. The van der Waals surface area contributed by atoms with Crippen molar-refractivity contribution in [1.29, 1.82) is 0 Å². The number of rotatable bonds is 5. The molecule has 0 radical (unpaired) electrons. The van der Waals surface area contributed by atoms with Crippen LogP contribution in [-0.4, -0.2) is 0 Å². The van der Waals surface area contributed by atoms with Crippen molar-refractivity contribution in [3.8, 4) is 0 Å². The first-order valence-electron chi connectivity index (χ1n) is 6.58. The zero-order chi connectivity index (χ0) is 14.5. The van der Waals surface area contributed by atoms with E-state index in [4.69, 9.17) is 5.84 Å². The lowest BCUT2D eigenvalue weighted by Gasteiger charge is -2.17. The van der Waals surface area contributed by atoms with E-state index in [1.54, 1.807) is 6.07 Å². The Bertz CT molecular complexity index is 584. The van der Waals surface area contributed by atoms with Gasteiger partial charge in [0.25, 0.3) is 0 Å². The highest BCUT2D eigenvalue weighted by Gasteiger charge is 2.17. The van der Waals surface area contributed by atoms with Crippen LogP contribution in [0.15, 0.2) is 42.5 Å². The minimum absolute atomic E-state index is 0.265. The number of hydrogen-bond donors (Lipinski definition) is 2. The minimum atomic E-state index is -0.848. The molecule has 0 aliphatic carbocycles. The number of aryl methyl sites for hydroxylation is 2. The minimum Gasteiger partial charge on any atom is -0.271 e. The second kappa shape index (κ2) is 6.59. The Morgan fingerprint density at radius 3 is 2.55 bits per heavy atom. The van der Waals surface area contributed by atoms with Gasteiger partial charge in [0.15, 0.2) is 11.6 Å². The first-order chi connectivity index (χ1) is 9.63. The van der Waals surface area contributed by atoms with Gasteiger partial charge in [-0.25, -0.2) is 8.78 Å². The lowest BCUT2D eigenvalue weighted by molar-refractivity contribution is 0.452. The van der Waals surface area contributed by atoms with Gasteiger partial charge < -0.3 is 0 Å². The van der Waals surface area contributed by atoms with Crippen LogP contribution in [0.25, 0.3) is 0 Å². The zero-order valence-electron chi connectivity index (χ0n) is 11.4. The monoisotopic (exact) mass is 276 g/mol. The van der Waals surface area contributed by atoms with Crippen molar-refractivity contribution in [2.45, 2.75) is 25.8 Å². The van der Waals surface area contributed by atoms with Crippen LogP contribution in [0.1, 0.15) is 29.2 Å². The molecule has 2 rings (SSSR count). The van der Waals surface area contributed by atoms with Crippen molar-refractivity contribution in [3.63, 3.8) is 0 Å². The number of hydrazine groups is 1. The van der Waals surface area contributed by atoms with Crippen LogP contribution in [0.4, 0.5) is 8.78 Å². The molecule has 0 heterocycles. The van der Waals surface area contributed by atoms with E-state index in [1.807, 2.05) is 31.2 Å². The van der Waals surface area contributed by atoms with Crippen LogP contribution < -0.4 is 11.3 Å². The number of nitrogens with two attached hydrogens (primary N) is 1. The molecule has 1 atom stereocenters. The molecule has 106 valence electrons. The molecule has 0 amide bonds. The number of hydrogen-bond acceptors (Lipinski definition) is 2. The molecule has 0 aliphatic heterocycles. The normalized spacial score (nSPS) is 12.4. The van der Waals surface area contributed by atoms with Crippen molar-refractivity contribution < 1.29 is 8.78 Å². The van der Waals surface area contributed by atoms with E-state index in [0.29, 0.717) is 6.42 Å². The molecule has 0 spiro atoms. The van der Waals surface area contributed by atoms with E-state index in [9.17, 15) is 8.78 Å². The SMILES string of the molecule is Cc1ccccc1CCC(NN)c1cccc(F)c1F. The number of nitrogens with one attached hydrogen (secondary N) is 1. The molecule has 0 saturated carbocycles. The highest BCUT2D eigenvalue weighted by Crippen LogP contribution is 2.23. The van der Waals surface area contributed by atoms with Crippen molar-refractivity contribution in [2.24, 2.45) is 5.84 Å². The lowest BCUT2D eigenvalue weighted by atomic mass is 9.97. The molecule has 0 aromatic heterocycles. The fourth-order valence-electron chi connectivity index (χ4n) is 2.31. The summed E-state index contributed by atoms with van der Waals surface area (Å²) in [6.07, 6.45) is 1.35. The van der Waals surface area contributed by atoms with Crippen LogP contribution in [0.2, 0.25) is 0 Å². The van der Waals surface area contributed by atoms with Crippen LogP contribution in [0.3, 0.4) is 0 Å². The zero-order valence-corrected chi connectivity index (χ0v) is 11.4. The summed E-state index contributed by atoms with van der Waals surface area (Å²) in [6, 6.07) is 11.7. The van der Waals surface area contributed by atoms with Gasteiger partial charge in [-0.1, -0.05) is 36.4 Å². The Hall–Kier alpha value is -1.78. The summed E-state index contributed by atoms with van der Waals surface area (Å²) in [5.41, 5.74) is 5.20. The number of benzene rings is 2. The molecular weight excluding hydrogens is 258 g/mol. The van der Waals surface area contributed by atoms with Gasteiger partial charge in [0.2, 0.25) is 0 Å². The van der Waals surface area contributed by atoms with E-state index >= 15 is 0 Å². The second-order valence-corrected chi connectivity index (χ2v) is 4.83. The summed E-state index contributed by atoms with van der Waals surface area (Å²) >= 11 is 0. The van der Waals surface area contributed by atoms with Crippen molar-refractivity contribution in [1.82, 2.24) is 5.43 Å². The second-order valence-electron chi connectivity index (χ2n) is 4.83. The van der Waals surface area contributed by atoms with Crippen LogP contribution in [0.5, 0.6) is 0 Å². The third kappa shape index (κ3) is 3.21. The Morgan fingerprint density at radius 2 is 1.85 bits per heavy atom. The summed E-state index contributed by atoms with van der Waals surface area (Å²) in [5, 5.41) is 0. The molecule has 0 fully saturated rings. The highest BCUT2D eigenvalue weighted by molar-refractivity contribution is 5.27. The lowest BCUT2D eigenvalue weighted by Crippen LogP contribution is -2.29. The molecule has 2 aromatic rings. The van der Waals surface area contributed by atoms with Gasteiger partial charge in [0, 0.05) is 11.6 Å². The molecule has 0 bridgehead atoms. The van der Waals surface area contributed by atoms with Gasteiger partial charge >= 0.3 is 0 Å². The fourth-order valence-corrected chi connectivity index (χ4v) is 2.31. The van der Waals surface area contributed by atoms with Gasteiger partial charge in [0.05, 0.1) is 0 Å². The maximum Gasteiger partial charge on any atom is 0.163 e. The molecular formula is C16H18F2N2. The van der Waals surface area contributed by atoms with Gasteiger partial charge in [0.1, 0.15) is 0 Å². The molecule has 1 unspecified atom stereocenters. The van der Waals surface area contributed by atoms with E-state index in [-0.39, 0.29) is 5.56 Å². The summed E-state index contributed by atoms with van der Waals surface area (Å²) < 4.78 is 27.0. The first kappa shape index (κ1) is 14.6. The standard InChI is InChI=1S/C16H18F2N2/c1-11-5-2-3-6-12(11)9-10-15(20-19)13-7-4-8-14(17)16(13)18/h2-8,15,20H,9-10,19H2,1H3. The maximum absolute atomic E-state index is 13.8. The Kier molecular flexibility index (Phi) is 4.82. The Labute approximate surface area is 117 Å². The van der Waals surface area contributed by atoms with E-state index in [1.165, 1.54) is 17.2 Å². The fraction of sp³-hybridized carbons (Fsp3) is 0.250. The third-order valence-electron chi connectivity index (χ3n) is 3.52. The first-order valence-corrected chi connectivity index (χ1v) is 6.58. The van der Waals surface area contributed by atoms with Crippen molar-refractivity contribution in [2.75, 3.05) is 0 Å². The molecule has 2 nitrogen and oxygen atoms in total. The average Bonchev–Trinajstić information content (AvgIpc) is 2.45. The summed E-state index contributed by atoms with van der Waals surface area (Å²) in [6.45, 7) is 2.03. The summed E-state index contributed by atoms with van der Waals surface area (Å²) in [7, 11) is 0. The summed E-state index contributed by atoms with van der Waals surface area (Å²) in [4.78, 5) is 0. The maximum atomic E-state index is 13.8. The van der Waals surface area contributed by atoms with Crippen molar-refractivity contribution >= 4 is 0 Å². The predicted molar refractivity (Wildman–Crippen MR) is 75.9 cm³/mol. The quantitative estimate of drug-likeness (QED) is 0.649. The topological polar surface area (TPSA) is 38.0 Å². The summed E-state index contributed by atoms with van der Waals surface area (Å²) in [5.74, 6) is 3.81. The Balaban J connectivity index is 2.14. The molecule has 3 N–H and O–H groups in total. The van der Waals surface area contributed by atoms with Gasteiger partial charge in [-0.05, 0) is 37.0 Å². The smallest absolute Gasteiger partial charge is 0.163 e. The number of halogens is 2. The molecule has 0 saturated heterocycles. The highest BCUT2D eigenvalue weighted by atomic mass is 19.2. The average molecular weight is 276 g/mol. The van der Waals surface area contributed by atoms with E-state index < -0.39 is 17.7 Å². The predicted octanol–water partition coefficient (Wildman–Crippen LogP) is 3.41. The van der Waals surface area contributed by atoms with Gasteiger partial charge in [-0.15, -0.1) is 0 Å². The van der Waals surface area contributed by atoms with Crippen LogP contribution in [-0.2, 0) is 6.42 Å². The molecule has 20 heavy (non-hydrogen) atoms. The van der Waals surface area contributed by atoms with Crippen LogP contribution >= 0.6 is 0 Å². The molecule has 4 heteroatoms. The molecule has 2 aromatic carbocycles. The van der Waals surface area contributed by atoms with Gasteiger partial charge in [-0.2, -0.15) is 0 Å². The van der Waals surface area contributed by atoms with Crippen molar-refractivity contribution in [3.05, 3.63) is 70.8 Å². The largest absolute Gasteiger partial charge is 0.271 e.